The van der Waals surface area contributed by atoms with Gasteiger partial charge in [0.25, 0.3) is 0 Å². The third-order valence-corrected chi connectivity index (χ3v) is 1.99. The summed E-state index contributed by atoms with van der Waals surface area (Å²) in [7, 11) is 0. The van der Waals surface area contributed by atoms with Gasteiger partial charge in [-0.3, -0.25) is 4.98 Å². The molecule has 0 atom stereocenters. The van der Waals surface area contributed by atoms with Crippen molar-refractivity contribution in [1.82, 2.24) is 4.98 Å². The molecule has 0 unspecified atom stereocenters. The first-order valence-corrected chi connectivity index (χ1v) is 4.63. The number of aryl methyl sites for hydroxylation is 1. The average molecular weight is 206 g/mol. The van der Waals surface area contributed by atoms with Crippen molar-refractivity contribution in [3.05, 3.63) is 29.1 Å². The molecule has 0 aliphatic carbocycles. The Bertz CT molecular complexity index is 410. The molecule has 0 fully saturated rings. The van der Waals surface area contributed by atoms with E-state index in [4.69, 9.17) is 5.11 Å². The molecule has 0 spiro atoms. The van der Waals surface area contributed by atoms with Gasteiger partial charge in [0.1, 0.15) is 0 Å². The van der Waals surface area contributed by atoms with Gasteiger partial charge < -0.3 is 10.2 Å². The maximum absolute atomic E-state index is 11.3. The summed E-state index contributed by atoms with van der Waals surface area (Å²) in [5, 5.41) is 20.1. The van der Waals surface area contributed by atoms with Crippen molar-refractivity contribution >= 4 is 12.0 Å². The molecule has 0 saturated heterocycles. The fourth-order valence-corrected chi connectivity index (χ4v) is 1.15. The Morgan fingerprint density at radius 1 is 1.60 bits per heavy atom. The summed E-state index contributed by atoms with van der Waals surface area (Å²) in [6.45, 7) is 3.48. The third kappa shape index (κ3) is 2.80. The van der Waals surface area contributed by atoms with Gasteiger partial charge in [-0.05, 0) is 25.5 Å². The zero-order valence-corrected chi connectivity index (χ0v) is 8.65. The molecule has 1 aromatic heterocycles. The van der Waals surface area contributed by atoms with Crippen molar-refractivity contribution in [3.8, 4) is 5.75 Å². The largest absolute Gasteiger partial charge is 0.871 e. The Labute approximate surface area is 87.9 Å². The van der Waals surface area contributed by atoms with Crippen LogP contribution in [0.2, 0.25) is 0 Å². The van der Waals surface area contributed by atoms with Gasteiger partial charge >= 0.3 is 5.97 Å². The Hall–Kier alpha value is -1.84. The lowest BCUT2D eigenvalue weighted by Crippen LogP contribution is -2.02. The number of aliphatic carboxylic acids is 1. The molecular formula is C11H12NO3-. The second-order valence-electron chi connectivity index (χ2n) is 3.16. The SMILES string of the molecule is CC/C(=C\c1nc(C)ccc1[O-])C(=O)O. The first-order chi connectivity index (χ1) is 7.04. The minimum Gasteiger partial charge on any atom is -0.871 e. The number of pyridine rings is 1. The summed E-state index contributed by atoms with van der Waals surface area (Å²) in [6, 6.07) is 3.00. The Morgan fingerprint density at radius 3 is 2.80 bits per heavy atom. The molecular weight excluding hydrogens is 194 g/mol. The van der Waals surface area contributed by atoms with E-state index in [-0.39, 0.29) is 17.0 Å². The molecule has 0 aliphatic heterocycles. The predicted octanol–water partition coefficient (Wildman–Crippen LogP) is 1.34. The van der Waals surface area contributed by atoms with E-state index in [0.717, 1.165) is 0 Å². The van der Waals surface area contributed by atoms with E-state index in [0.29, 0.717) is 12.1 Å². The number of hydrogen-bond donors (Lipinski definition) is 1. The van der Waals surface area contributed by atoms with Crippen LogP contribution in [0.1, 0.15) is 24.7 Å². The van der Waals surface area contributed by atoms with E-state index < -0.39 is 5.97 Å². The zero-order chi connectivity index (χ0) is 11.4. The first kappa shape index (κ1) is 11.2. The van der Waals surface area contributed by atoms with Gasteiger partial charge in [0.2, 0.25) is 0 Å². The molecule has 0 radical (unpaired) electrons. The van der Waals surface area contributed by atoms with Crippen molar-refractivity contribution in [2.24, 2.45) is 0 Å². The predicted molar refractivity (Wildman–Crippen MR) is 54.3 cm³/mol. The number of rotatable bonds is 3. The molecule has 1 heterocycles. The summed E-state index contributed by atoms with van der Waals surface area (Å²) in [4.78, 5) is 14.7. The molecule has 4 heteroatoms. The van der Waals surface area contributed by atoms with Crippen LogP contribution in [0, 0.1) is 6.92 Å². The third-order valence-electron chi connectivity index (χ3n) is 1.99. The second-order valence-corrected chi connectivity index (χ2v) is 3.16. The van der Waals surface area contributed by atoms with Crippen molar-refractivity contribution in [3.63, 3.8) is 0 Å². The van der Waals surface area contributed by atoms with Crippen LogP contribution in [0.15, 0.2) is 17.7 Å². The minimum absolute atomic E-state index is 0.185. The van der Waals surface area contributed by atoms with Crippen LogP contribution >= 0.6 is 0 Å². The summed E-state index contributed by atoms with van der Waals surface area (Å²) < 4.78 is 0. The molecule has 0 aliphatic rings. The van der Waals surface area contributed by atoms with Gasteiger partial charge in [-0.25, -0.2) is 4.79 Å². The molecule has 0 bridgehead atoms. The molecule has 0 saturated carbocycles. The lowest BCUT2D eigenvalue weighted by molar-refractivity contribution is -0.269. The van der Waals surface area contributed by atoms with E-state index in [9.17, 15) is 9.90 Å². The van der Waals surface area contributed by atoms with Crippen LogP contribution in [-0.2, 0) is 4.79 Å². The monoisotopic (exact) mass is 206 g/mol. The maximum atomic E-state index is 11.3. The Kier molecular flexibility index (Phi) is 3.44. The first-order valence-electron chi connectivity index (χ1n) is 4.63. The number of hydrogen-bond acceptors (Lipinski definition) is 3. The average Bonchev–Trinajstić information content (AvgIpc) is 2.18. The quantitative estimate of drug-likeness (QED) is 0.757. The number of aromatic nitrogens is 1. The smallest absolute Gasteiger partial charge is 0.331 e. The fourth-order valence-electron chi connectivity index (χ4n) is 1.15. The number of carboxylic acid groups (broad SMARTS) is 1. The fraction of sp³-hybridized carbons (Fsp3) is 0.273. The summed E-state index contributed by atoms with van der Waals surface area (Å²) in [5.74, 6) is -1.27. The summed E-state index contributed by atoms with van der Waals surface area (Å²) in [6.07, 6.45) is 1.70. The van der Waals surface area contributed by atoms with Crippen molar-refractivity contribution in [1.29, 1.82) is 0 Å². The molecule has 15 heavy (non-hydrogen) atoms. The molecule has 80 valence electrons. The van der Waals surface area contributed by atoms with E-state index in [2.05, 4.69) is 4.98 Å². The van der Waals surface area contributed by atoms with Crippen LogP contribution < -0.4 is 5.11 Å². The van der Waals surface area contributed by atoms with Crippen LogP contribution in [0.4, 0.5) is 0 Å². The Balaban J connectivity index is 3.16. The van der Waals surface area contributed by atoms with Gasteiger partial charge in [0.05, 0.1) is 5.69 Å². The molecule has 0 aromatic carbocycles. The van der Waals surface area contributed by atoms with E-state index in [1.165, 1.54) is 12.1 Å². The molecule has 1 aromatic rings. The number of carboxylic acids is 1. The van der Waals surface area contributed by atoms with Crippen LogP contribution in [0.3, 0.4) is 0 Å². The van der Waals surface area contributed by atoms with Crippen LogP contribution in [-0.4, -0.2) is 16.1 Å². The minimum atomic E-state index is -1.01. The summed E-state index contributed by atoms with van der Waals surface area (Å²) >= 11 is 0. The number of nitrogens with zero attached hydrogens (tertiary/aromatic N) is 1. The van der Waals surface area contributed by atoms with Crippen molar-refractivity contribution < 1.29 is 15.0 Å². The summed E-state index contributed by atoms with van der Waals surface area (Å²) in [5.41, 5.74) is 1.07. The van der Waals surface area contributed by atoms with Gasteiger partial charge in [-0.2, -0.15) is 0 Å². The van der Waals surface area contributed by atoms with Crippen molar-refractivity contribution in [2.45, 2.75) is 20.3 Å². The highest BCUT2D eigenvalue weighted by Gasteiger charge is 2.05. The van der Waals surface area contributed by atoms with E-state index in [1.807, 2.05) is 0 Å². The highest BCUT2D eigenvalue weighted by Crippen LogP contribution is 2.16. The van der Waals surface area contributed by atoms with Gasteiger partial charge in [-0.1, -0.05) is 18.7 Å². The maximum Gasteiger partial charge on any atom is 0.331 e. The molecule has 4 nitrogen and oxygen atoms in total. The van der Waals surface area contributed by atoms with Crippen LogP contribution in [0.25, 0.3) is 6.08 Å². The van der Waals surface area contributed by atoms with Crippen LogP contribution in [0.5, 0.6) is 5.75 Å². The van der Waals surface area contributed by atoms with Gasteiger partial charge in [0.15, 0.2) is 0 Å². The number of carbonyl (C=O) groups is 1. The van der Waals surface area contributed by atoms with Gasteiger partial charge in [0, 0.05) is 11.3 Å². The lowest BCUT2D eigenvalue weighted by atomic mass is 10.1. The second kappa shape index (κ2) is 4.59. The van der Waals surface area contributed by atoms with Crippen molar-refractivity contribution in [2.75, 3.05) is 0 Å². The van der Waals surface area contributed by atoms with E-state index in [1.54, 1.807) is 19.9 Å². The Morgan fingerprint density at radius 2 is 2.27 bits per heavy atom. The normalized spacial score (nSPS) is 11.5. The molecule has 1 rings (SSSR count). The highest BCUT2D eigenvalue weighted by molar-refractivity contribution is 5.92. The highest BCUT2D eigenvalue weighted by atomic mass is 16.4. The lowest BCUT2D eigenvalue weighted by Gasteiger charge is -2.10. The zero-order valence-electron chi connectivity index (χ0n) is 8.65. The van der Waals surface area contributed by atoms with Gasteiger partial charge in [-0.15, -0.1) is 0 Å². The standard InChI is InChI=1S/C11H13NO3/c1-3-8(11(14)15)6-9-10(13)5-4-7(2)12-9/h4-6,13H,3H2,1-2H3,(H,14,15)/p-1/b8-6+. The molecule has 0 amide bonds. The topological polar surface area (TPSA) is 73.2 Å². The molecule has 1 N–H and O–H groups in total. The van der Waals surface area contributed by atoms with E-state index >= 15 is 0 Å².